The second-order valence-corrected chi connectivity index (χ2v) is 6.27. The predicted molar refractivity (Wildman–Crippen MR) is 73.8 cm³/mol. The third kappa shape index (κ3) is 3.18. The summed E-state index contributed by atoms with van der Waals surface area (Å²) in [7, 11) is 0. The minimum Gasteiger partial charge on any atom is -0.458 e. The van der Waals surface area contributed by atoms with Gasteiger partial charge in [0, 0.05) is 16.2 Å². The molecule has 0 aliphatic rings. The molecule has 0 amide bonds. The molecule has 0 aliphatic carbocycles. The molecule has 1 aromatic carbocycles. The standard InChI is InChI=1S/C13H15ClO2S/c1-8(2)17-7-11(15)13-6-9-5-10(14)3-4-12(9)16-13/h3-6,8,11,15H,7H2,1-2H3. The van der Waals surface area contributed by atoms with Crippen molar-refractivity contribution in [3.63, 3.8) is 0 Å². The lowest BCUT2D eigenvalue weighted by molar-refractivity contribution is 0.176. The van der Waals surface area contributed by atoms with E-state index in [0.29, 0.717) is 21.8 Å². The number of furan rings is 1. The van der Waals surface area contributed by atoms with Crippen molar-refractivity contribution in [2.24, 2.45) is 0 Å². The van der Waals surface area contributed by atoms with Gasteiger partial charge in [0.1, 0.15) is 17.4 Å². The van der Waals surface area contributed by atoms with Crippen LogP contribution in [0.3, 0.4) is 0 Å². The molecule has 0 spiro atoms. The molecule has 0 saturated heterocycles. The average Bonchev–Trinajstić information content (AvgIpc) is 2.68. The highest BCUT2D eigenvalue weighted by molar-refractivity contribution is 7.99. The smallest absolute Gasteiger partial charge is 0.134 e. The van der Waals surface area contributed by atoms with Crippen molar-refractivity contribution in [2.45, 2.75) is 25.2 Å². The Bertz CT molecular complexity index is 507. The molecule has 92 valence electrons. The zero-order chi connectivity index (χ0) is 12.4. The minimum atomic E-state index is -0.562. The Hall–Kier alpha value is -0.640. The van der Waals surface area contributed by atoms with Crippen molar-refractivity contribution in [1.29, 1.82) is 0 Å². The molecule has 17 heavy (non-hydrogen) atoms. The Morgan fingerprint density at radius 1 is 1.35 bits per heavy atom. The van der Waals surface area contributed by atoms with Gasteiger partial charge in [-0.3, -0.25) is 0 Å². The van der Waals surface area contributed by atoms with Crippen molar-refractivity contribution in [3.05, 3.63) is 35.0 Å². The van der Waals surface area contributed by atoms with Gasteiger partial charge in [-0.2, -0.15) is 11.8 Å². The molecule has 4 heteroatoms. The summed E-state index contributed by atoms with van der Waals surface area (Å²) in [6.07, 6.45) is -0.562. The van der Waals surface area contributed by atoms with Crippen LogP contribution in [-0.4, -0.2) is 16.1 Å². The van der Waals surface area contributed by atoms with Crippen molar-refractivity contribution in [3.8, 4) is 0 Å². The first-order valence-electron chi connectivity index (χ1n) is 5.55. The molecule has 1 heterocycles. The minimum absolute atomic E-state index is 0.503. The molecule has 0 aliphatic heterocycles. The van der Waals surface area contributed by atoms with Gasteiger partial charge in [0.2, 0.25) is 0 Å². The van der Waals surface area contributed by atoms with Crippen molar-refractivity contribution < 1.29 is 9.52 Å². The van der Waals surface area contributed by atoms with E-state index in [0.717, 1.165) is 11.0 Å². The predicted octanol–water partition coefficient (Wildman–Crippen LogP) is 4.26. The first kappa shape index (κ1) is 12.8. The lowest BCUT2D eigenvalue weighted by Gasteiger charge is -2.08. The molecule has 2 aromatic rings. The van der Waals surface area contributed by atoms with Gasteiger partial charge in [-0.1, -0.05) is 25.4 Å². The number of benzene rings is 1. The fourth-order valence-corrected chi connectivity index (χ4v) is 2.48. The highest BCUT2D eigenvalue weighted by Gasteiger charge is 2.14. The molecule has 1 unspecified atom stereocenters. The van der Waals surface area contributed by atoms with Crippen LogP contribution in [-0.2, 0) is 0 Å². The molecule has 1 atom stereocenters. The van der Waals surface area contributed by atoms with E-state index in [1.807, 2.05) is 18.2 Å². The molecule has 0 fully saturated rings. The van der Waals surface area contributed by atoms with Crippen LogP contribution in [0.1, 0.15) is 25.7 Å². The number of aliphatic hydroxyl groups excluding tert-OH is 1. The fraction of sp³-hybridized carbons (Fsp3) is 0.385. The van der Waals surface area contributed by atoms with Crippen LogP contribution >= 0.6 is 23.4 Å². The number of fused-ring (bicyclic) bond motifs is 1. The number of halogens is 1. The van der Waals surface area contributed by atoms with Crippen LogP contribution in [0.4, 0.5) is 0 Å². The Morgan fingerprint density at radius 2 is 2.12 bits per heavy atom. The Morgan fingerprint density at radius 3 is 2.82 bits per heavy atom. The van der Waals surface area contributed by atoms with E-state index < -0.39 is 6.10 Å². The summed E-state index contributed by atoms with van der Waals surface area (Å²) in [5.41, 5.74) is 0.762. The first-order valence-corrected chi connectivity index (χ1v) is 6.97. The summed E-state index contributed by atoms with van der Waals surface area (Å²) in [6.45, 7) is 4.21. The maximum Gasteiger partial charge on any atom is 0.134 e. The van der Waals surface area contributed by atoms with Gasteiger partial charge in [0.05, 0.1) is 0 Å². The molecule has 2 nitrogen and oxygen atoms in total. The maximum atomic E-state index is 9.99. The van der Waals surface area contributed by atoms with Crippen molar-refractivity contribution >= 4 is 34.3 Å². The molecule has 2 rings (SSSR count). The van der Waals surface area contributed by atoms with Crippen LogP contribution in [0.2, 0.25) is 5.02 Å². The van der Waals surface area contributed by atoms with Gasteiger partial charge >= 0.3 is 0 Å². The Balaban J connectivity index is 2.18. The molecule has 0 bridgehead atoms. The Labute approximate surface area is 110 Å². The third-order valence-electron chi connectivity index (χ3n) is 2.41. The van der Waals surface area contributed by atoms with E-state index in [2.05, 4.69) is 13.8 Å². The summed E-state index contributed by atoms with van der Waals surface area (Å²) < 4.78 is 5.60. The van der Waals surface area contributed by atoms with Gasteiger partial charge in [0.15, 0.2) is 0 Å². The number of hydrogen-bond donors (Lipinski definition) is 1. The second kappa shape index (κ2) is 5.34. The molecule has 0 saturated carbocycles. The number of hydrogen-bond acceptors (Lipinski definition) is 3. The van der Waals surface area contributed by atoms with E-state index >= 15 is 0 Å². The van der Waals surface area contributed by atoms with Crippen molar-refractivity contribution in [1.82, 2.24) is 0 Å². The fourth-order valence-electron chi connectivity index (χ4n) is 1.56. The third-order valence-corrected chi connectivity index (χ3v) is 3.82. The van der Waals surface area contributed by atoms with Gasteiger partial charge in [-0.05, 0) is 29.5 Å². The van der Waals surface area contributed by atoms with E-state index in [9.17, 15) is 5.11 Å². The van der Waals surface area contributed by atoms with Crippen molar-refractivity contribution in [2.75, 3.05) is 5.75 Å². The number of thioether (sulfide) groups is 1. The molecule has 0 radical (unpaired) electrons. The SMILES string of the molecule is CC(C)SCC(O)c1cc2cc(Cl)ccc2o1. The maximum absolute atomic E-state index is 9.99. The van der Waals surface area contributed by atoms with E-state index in [4.69, 9.17) is 16.0 Å². The average molecular weight is 271 g/mol. The summed E-state index contributed by atoms with van der Waals surface area (Å²) >= 11 is 7.61. The summed E-state index contributed by atoms with van der Waals surface area (Å²) in [5.74, 6) is 1.25. The molecule has 1 aromatic heterocycles. The van der Waals surface area contributed by atoms with Gasteiger partial charge in [-0.15, -0.1) is 0 Å². The largest absolute Gasteiger partial charge is 0.458 e. The zero-order valence-electron chi connectivity index (χ0n) is 9.81. The van der Waals surface area contributed by atoms with Crippen LogP contribution in [0.5, 0.6) is 0 Å². The van der Waals surface area contributed by atoms with E-state index in [-0.39, 0.29) is 0 Å². The van der Waals surface area contributed by atoms with E-state index in [1.165, 1.54) is 0 Å². The van der Waals surface area contributed by atoms with Crippen LogP contribution in [0.15, 0.2) is 28.7 Å². The van der Waals surface area contributed by atoms with E-state index in [1.54, 1.807) is 17.8 Å². The quantitative estimate of drug-likeness (QED) is 0.901. The second-order valence-electron chi connectivity index (χ2n) is 4.23. The Kier molecular flexibility index (Phi) is 4.02. The number of rotatable bonds is 4. The zero-order valence-corrected chi connectivity index (χ0v) is 11.4. The molecule has 1 N–H and O–H groups in total. The van der Waals surface area contributed by atoms with Crippen LogP contribution < -0.4 is 0 Å². The van der Waals surface area contributed by atoms with Gasteiger partial charge in [-0.25, -0.2) is 0 Å². The lowest BCUT2D eigenvalue weighted by Crippen LogP contribution is -2.01. The normalized spacial score (nSPS) is 13.5. The van der Waals surface area contributed by atoms with Crippen LogP contribution in [0, 0.1) is 0 Å². The summed E-state index contributed by atoms with van der Waals surface area (Å²) in [5, 5.41) is 12.1. The monoisotopic (exact) mass is 270 g/mol. The van der Waals surface area contributed by atoms with Crippen LogP contribution in [0.25, 0.3) is 11.0 Å². The first-order chi connectivity index (χ1) is 8.06. The lowest BCUT2D eigenvalue weighted by atomic mass is 10.2. The van der Waals surface area contributed by atoms with Gasteiger partial charge < -0.3 is 9.52 Å². The van der Waals surface area contributed by atoms with Gasteiger partial charge in [0.25, 0.3) is 0 Å². The summed E-state index contributed by atoms with van der Waals surface area (Å²) in [6, 6.07) is 7.30. The molecular weight excluding hydrogens is 256 g/mol. The molecular formula is C13H15ClO2S. The summed E-state index contributed by atoms with van der Waals surface area (Å²) in [4.78, 5) is 0. The number of aliphatic hydroxyl groups is 1. The highest BCUT2D eigenvalue weighted by Crippen LogP contribution is 2.28. The topological polar surface area (TPSA) is 33.4 Å². The highest BCUT2D eigenvalue weighted by atomic mass is 35.5.